The molecule has 0 aromatic heterocycles. The molecule has 2 aromatic rings. The van der Waals surface area contributed by atoms with Gasteiger partial charge >= 0.3 is 0 Å². The van der Waals surface area contributed by atoms with Crippen LogP contribution in [0.5, 0.6) is 5.75 Å². The second-order valence-corrected chi connectivity index (χ2v) is 8.41. The number of nitrogens with zero attached hydrogens (tertiary/aromatic N) is 1. The van der Waals surface area contributed by atoms with Crippen molar-refractivity contribution in [2.45, 2.75) is 33.3 Å². The first-order chi connectivity index (χ1) is 12.7. The van der Waals surface area contributed by atoms with Gasteiger partial charge in [-0.2, -0.15) is 0 Å². The van der Waals surface area contributed by atoms with Gasteiger partial charge in [-0.15, -0.1) is 0 Å². The molecular weight excluding hydrogens is 364 g/mol. The molecular formula is C20H26N2O4S. The van der Waals surface area contributed by atoms with E-state index in [1.165, 1.54) is 0 Å². The lowest BCUT2D eigenvalue weighted by Gasteiger charge is -2.25. The van der Waals surface area contributed by atoms with Crippen LogP contribution in [0, 0.1) is 0 Å². The van der Waals surface area contributed by atoms with Crippen molar-refractivity contribution < 1.29 is 17.9 Å². The van der Waals surface area contributed by atoms with Crippen LogP contribution in [0.2, 0.25) is 0 Å². The van der Waals surface area contributed by atoms with Gasteiger partial charge in [-0.1, -0.05) is 31.2 Å². The average molecular weight is 391 g/mol. The van der Waals surface area contributed by atoms with E-state index in [0.717, 1.165) is 22.5 Å². The lowest BCUT2D eigenvalue weighted by Crippen LogP contribution is -2.37. The molecule has 0 atom stereocenters. The molecule has 2 rings (SSSR count). The molecule has 146 valence electrons. The number of para-hydroxylation sites is 2. The maximum atomic E-state index is 12.5. The first kappa shape index (κ1) is 20.8. The van der Waals surface area contributed by atoms with E-state index in [2.05, 4.69) is 5.32 Å². The van der Waals surface area contributed by atoms with Crippen LogP contribution in [0.25, 0.3) is 0 Å². The molecule has 0 bridgehead atoms. The second-order valence-electron chi connectivity index (χ2n) is 6.50. The molecule has 6 nitrogen and oxygen atoms in total. The molecule has 0 aliphatic rings. The highest BCUT2D eigenvalue weighted by Gasteiger charge is 2.24. The summed E-state index contributed by atoms with van der Waals surface area (Å²) in [7, 11) is -3.68. The molecule has 0 unspecified atom stereocenters. The van der Waals surface area contributed by atoms with E-state index in [1.54, 1.807) is 36.4 Å². The largest absolute Gasteiger partial charge is 0.489 e. The van der Waals surface area contributed by atoms with Gasteiger partial charge in [0, 0.05) is 5.69 Å². The van der Waals surface area contributed by atoms with Gasteiger partial charge in [0.05, 0.1) is 18.0 Å². The summed E-state index contributed by atoms with van der Waals surface area (Å²) in [4.78, 5) is 12.5. The number of anilines is 2. The number of carbonyl (C=O) groups is 1. The number of carbonyl (C=O) groups excluding carboxylic acids is 1. The van der Waals surface area contributed by atoms with Crippen LogP contribution in [-0.4, -0.2) is 33.2 Å². The zero-order valence-electron chi connectivity index (χ0n) is 16.1. The van der Waals surface area contributed by atoms with Crippen LogP contribution in [0.15, 0.2) is 48.5 Å². The monoisotopic (exact) mass is 390 g/mol. The Morgan fingerprint density at radius 1 is 1.11 bits per heavy atom. The van der Waals surface area contributed by atoms with Crippen molar-refractivity contribution in [3.63, 3.8) is 0 Å². The minimum absolute atomic E-state index is 0.126. The van der Waals surface area contributed by atoms with Crippen molar-refractivity contribution in [3.8, 4) is 5.75 Å². The smallest absolute Gasteiger partial charge is 0.245 e. The maximum absolute atomic E-state index is 12.5. The van der Waals surface area contributed by atoms with Gasteiger partial charge < -0.3 is 10.1 Å². The predicted octanol–water partition coefficient (Wildman–Crippen LogP) is 3.44. The number of hydrogen-bond donors (Lipinski definition) is 1. The van der Waals surface area contributed by atoms with Crippen LogP contribution >= 0.6 is 0 Å². The first-order valence-corrected chi connectivity index (χ1v) is 10.7. The van der Waals surface area contributed by atoms with E-state index in [9.17, 15) is 13.2 Å². The third-order valence-corrected chi connectivity index (χ3v) is 4.96. The fourth-order valence-corrected chi connectivity index (χ4v) is 3.41. The number of aryl methyl sites for hydroxylation is 1. The molecule has 0 saturated carbocycles. The first-order valence-electron chi connectivity index (χ1n) is 8.83. The molecule has 1 amide bonds. The molecule has 1 N–H and O–H groups in total. The van der Waals surface area contributed by atoms with Crippen molar-refractivity contribution in [2.75, 3.05) is 22.4 Å². The molecule has 2 aromatic carbocycles. The van der Waals surface area contributed by atoms with Crippen LogP contribution in [0.3, 0.4) is 0 Å². The molecule has 0 aliphatic carbocycles. The topological polar surface area (TPSA) is 75.7 Å². The zero-order chi connectivity index (χ0) is 20.0. The molecule has 27 heavy (non-hydrogen) atoms. The van der Waals surface area contributed by atoms with Gasteiger partial charge in [0.1, 0.15) is 12.3 Å². The molecule has 0 heterocycles. The number of amides is 1. The Labute approximate surface area is 161 Å². The molecule has 0 spiro atoms. The number of rotatable bonds is 8. The summed E-state index contributed by atoms with van der Waals surface area (Å²) in [5.41, 5.74) is 2.12. The van der Waals surface area contributed by atoms with Crippen LogP contribution < -0.4 is 14.4 Å². The SMILES string of the molecule is CCc1ccc(NC(=O)CN(c2ccccc2OC(C)C)S(C)(=O)=O)cc1. The third-order valence-electron chi connectivity index (χ3n) is 3.83. The minimum atomic E-state index is -3.68. The number of sulfonamides is 1. The normalized spacial score (nSPS) is 11.3. The van der Waals surface area contributed by atoms with Crippen molar-refractivity contribution >= 4 is 27.3 Å². The van der Waals surface area contributed by atoms with Crippen molar-refractivity contribution in [1.29, 1.82) is 0 Å². The minimum Gasteiger partial charge on any atom is -0.489 e. The molecule has 0 radical (unpaired) electrons. The van der Waals surface area contributed by atoms with Crippen LogP contribution in [0.4, 0.5) is 11.4 Å². The Bertz CT molecular complexity index is 877. The second kappa shape index (κ2) is 8.90. The number of benzene rings is 2. The zero-order valence-corrected chi connectivity index (χ0v) is 16.9. The van der Waals surface area contributed by atoms with E-state index in [4.69, 9.17) is 4.74 Å². The molecule has 0 fully saturated rings. The fourth-order valence-electron chi connectivity index (χ4n) is 2.55. The predicted molar refractivity (Wildman–Crippen MR) is 109 cm³/mol. The fraction of sp³-hybridized carbons (Fsp3) is 0.350. The Hall–Kier alpha value is -2.54. The lowest BCUT2D eigenvalue weighted by atomic mass is 10.1. The number of hydrogen-bond acceptors (Lipinski definition) is 4. The summed E-state index contributed by atoms with van der Waals surface area (Å²) >= 11 is 0. The van der Waals surface area contributed by atoms with Gasteiger partial charge in [0.15, 0.2) is 0 Å². The summed E-state index contributed by atoms with van der Waals surface area (Å²) in [6, 6.07) is 14.2. The maximum Gasteiger partial charge on any atom is 0.245 e. The number of ether oxygens (including phenoxy) is 1. The Morgan fingerprint density at radius 2 is 1.74 bits per heavy atom. The molecule has 0 aliphatic heterocycles. The third kappa shape index (κ3) is 5.99. The summed E-state index contributed by atoms with van der Waals surface area (Å²) in [6.45, 7) is 5.42. The average Bonchev–Trinajstić information content (AvgIpc) is 2.60. The molecule has 7 heteroatoms. The Kier molecular flexibility index (Phi) is 6.85. The van der Waals surface area contributed by atoms with Crippen LogP contribution in [0.1, 0.15) is 26.3 Å². The van der Waals surface area contributed by atoms with E-state index in [1.807, 2.05) is 32.9 Å². The highest BCUT2D eigenvalue weighted by molar-refractivity contribution is 7.92. The van der Waals surface area contributed by atoms with Gasteiger partial charge in [-0.05, 0) is 50.1 Å². The summed E-state index contributed by atoms with van der Waals surface area (Å²) in [5, 5.41) is 2.74. The Morgan fingerprint density at radius 3 is 2.30 bits per heavy atom. The van der Waals surface area contributed by atoms with Gasteiger partial charge in [0.2, 0.25) is 15.9 Å². The Balaban J connectivity index is 2.24. The van der Waals surface area contributed by atoms with Crippen LogP contribution in [-0.2, 0) is 21.2 Å². The van der Waals surface area contributed by atoms with E-state index >= 15 is 0 Å². The van der Waals surface area contributed by atoms with Crippen molar-refractivity contribution in [2.24, 2.45) is 0 Å². The lowest BCUT2D eigenvalue weighted by molar-refractivity contribution is -0.114. The molecule has 0 saturated heterocycles. The number of nitrogens with one attached hydrogen (secondary N) is 1. The van der Waals surface area contributed by atoms with E-state index in [0.29, 0.717) is 17.1 Å². The highest BCUT2D eigenvalue weighted by atomic mass is 32.2. The summed E-state index contributed by atoms with van der Waals surface area (Å²) in [5.74, 6) is -0.0120. The summed E-state index contributed by atoms with van der Waals surface area (Å²) < 4.78 is 31.4. The highest BCUT2D eigenvalue weighted by Crippen LogP contribution is 2.30. The van der Waals surface area contributed by atoms with Gasteiger partial charge in [-0.3, -0.25) is 9.10 Å². The van der Waals surface area contributed by atoms with E-state index < -0.39 is 15.9 Å². The van der Waals surface area contributed by atoms with Gasteiger partial charge in [-0.25, -0.2) is 8.42 Å². The standard InChI is InChI=1S/C20H26N2O4S/c1-5-16-10-12-17(13-11-16)21-20(23)14-22(27(4,24)25)18-8-6-7-9-19(18)26-15(2)3/h6-13,15H,5,14H2,1-4H3,(H,21,23). The summed E-state index contributed by atoms with van der Waals surface area (Å²) in [6.07, 6.45) is 1.85. The van der Waals surface area contributed by atoms with Crippen molar-refractivity contribution in [3.05, 3.63) is 54.1 Å². The van der Waals surface area contributed by atoms with Gasteiger partial charge in [0.25, 0.3) is 0 Å². The quantitative estimate of drug-likeness (QED) is 0.749. The van der Waals surface area contributed by atoms with Crippen molar-refractivity contribution in [1.82, 2.24) is 0 Å². The van der Waals surface area contributed by atoms with E-state index in [-0.39, 0.29) is 12.6 Å².